The van der Waals surface area contributed by atoms with Gasteiger partial charge in [0.15, 0.2) is 0 Å². The molecule has 0 aliphatic carbocycles. The first-order chi connectivity index (χ1) is 9.62. The van der Waals surface area contributed by atoms with Crippen LogP contribution in [0, 0.1) is 11.8 Å². The highest BCUT2D eigenvalue weighted by molar-refractivity contribution is 5.48. The van der Waals surface area contributed by atoms with E-state index in [4.69, 9.17) is 14.9 Å². The Hall–Kier alpha value is -1.54. The number of ether oxygens (including phenoxy) is 1. The highest BCUT2D eigenvalue weighted by atomic mass is 16.5. The van der Waals surface area contributed by atoms with Crippen molar-refractivity contribution in [2.24, 2.45) is 0 Å². The van der Waals surface area contributed by atoms with Gasteiger partial charge in [0.2, 0.25) is 0 Å². The van der Waals surface area contributed by atoms with Crippen LogP contribution in [0.2, 0.25) is 0 Å². The summed E-state index contributed by atoms with van der Waals surface area (Å²) in [5, 5.41) is 17.9. The third-order valence-electron chi connectivity index (χ3n) is 3.07. The molecule has 0 bridgehead atoms. The highest BCUT2D eigenvalue weighted by Crippen LogP contribution is 2.20. The topological polar surface area (TPSA) is 52.9 Å². The molecule has 1 rings (SSSR count). The van der Waals surface area contributed by atoms with Crippen molar-refractivity contribution in [3.63, 3.8) is 0 Å². The predicted octanol–water partition coefficient (Wildman–Crippen LogP) is 1.24. The number of aliphatic hydroxyl groups excluding tert-OH is 2. The lowest BCUT2D eigenvalue weighted by molar-refractivity contribution is 0.159. The maximum atomic E-state index is 9.10. The van der Waals surface area contributed by atoms with Crippen LogP contribution < -0.4 is 4.74 Å². The van der Waals surface area contributed by atoms with E-state index in [1.807, 2.05) is 18.2 Å². The van der Waals surface area contributed by atoms with E-state index in [-0.39, 0.29) is 13.2 Å². The average Bonchev–Trinajstić information content (AvgIpc) is 2.44. The lowest BCUT2D eigenvalue weighted by atomic mass is 10.1. The normalized spacial score (nSPS) is 10.6. The Morgan fingerprint density at radius 1 is 1.30 bits per heavy atom. The lowest BCUT2D eigenvalue weighted by Crippen LogP contribution is -2.32. The van der Waals surface area contributed by atoms with E-state index in [0.29, 0.717) is 18.3 Å². The molecule has 1 aromatic rings. The van der Waals surface area contributed by atoms with Gasteiger partial charge in [-0.05, 0) is 31.5 Å². The maximum absolute atomic E-state index is 9.10. The summed E-state index contributed by atoms with van der Waals surface area (Å²) in [7, 11) is 1.60. The zero-order chi connectivity index (χ0) is 15.0. The molecule has 0 unspecified atom stereocenters. The van der Waals surface area contributed by atoms with E-state index >= 15 is 0 Å². The van der Waals surface area contributed by atoms with Crippen molar-refractivity contribution >= 4 is 0 Å². The van der Waals surface area contributed by atoms with Gasteiger partial charge < -0.3 is 14.9 Å². The molecule has 110 valence electrons. The van der Waals surface area contributed by atoms with Crippen molar-refractivity contribution in [1.29, 1.82) is 0 Å². The second kappa shape index (κ2) is 8.60. The third kappa shape index (κ3) is 4.86. The maximum Gasteiger partial charge on any atom is 0.134 e. The van der Waals surface area contributed by atoms with Gasteiger partial charge >= 0.3 is 0 Å². The number of methoxy groups -OCH3 is 1. The largest absolute Gasteiger partial charge is 0.495 e. The van der Waals surface area contributed by atoms with Gasteiger partial charge in [-0.25, -0.2) is 0 Å². The minimum Gasteiger partial charge on any atom is -0.495 e. The molecule has 0 spiro atoms. The standard InChI is InChI=1S/C16H23NO3/c1-13(2)17(8-10-19)12-14-6-7-16(20-3)15(11-14)5-4-9-18/h6-7,11,13,18-19H,8-10,12H2,1-3H3. The number of aliphatic hydroxyl groups is 2. The van der Waals surface area contributed by atoms with Gasteiger partial charge in [-0.2, -0.15) is 0 Å². The SMILES string of the molecule is COc1ccc(CN(CCO)C(C)C)cc1C#CCO. The van der Waals surface area contributed by atoms with E-state index in [1.54, 1.807) is 7.11 Å². The molecule has 4 nitrogen and oxygen atoms in total. The summed E-state index contributed by atoms with van der Waals surface area (Å²) < 4.78 is 5.26. The van der Waals surface area contributed by atoms with E-state index in [9.17, 15) is 0 Å². The molecule has 0 radical (unpaired) electrons. The summed E-state index contributed by atoms with van der Waals surface area (Å²) in [5.74, 6) is 6.24. The van der Waals surface area contributed by atoms with Crippen molar-refractivity contribution in [2.45, 2.75) is 26.4 Å². The van der Waals surface area contributed by atoms with Gasteiger partial charge in [-0.3, -0.25) is 4.90 Å². The molecule has 0 saturated carbocycles. The Kier molecular flexibility index (Phi) is 7.10. The van der Waals surface area contributed by atoms with E-state index < -0.39 is 0 Å². The molecule has 0 fully saturated rings. The number of nitrogens with zero attached hydrogens (tertiary/aromatic N) is 1. The summed E-state index contributed by atoms with van der Waals surface area (Å²) in [5.41, 5.74) is 1.88. The molecule has 2 N–H and O–H groups in total. The fourth-order valence-electron chi connectivity index (χ4n) is 1.97. The fraction of sp³-hybridized carbons (Fsp3) is 0.500. The molecule has 4 heteroatoms. The van der Waals surface area contributed by atoms with Crippen molar-refractivity contribution in [3.05, 3.63) is 29.3 Å². The zero-order valence-electron chi connectivity index (χ0n) is 12.4. The summed E-state index contributed by atoms with van der Waals surface area (Å²) >= 11 is 0. The first kappa shape index (κ1) is 16.5. The molecule has 0 atom stereocenters. The van der Waals surface area contributed by atoms with Crippen molar-refractivity contribution in [2.75, 3.05) is 26.9 Å². The molecular formula is C16H23NO3. The van der Waals surface area contributed by atoms with Crippen LogP contribution in [0.3, 0.4) is 0 Å². The first-order valence-electron chi connectivity index (χ1n) is 6.74. The molecule has 0 saturated heterocycles. The van der Waals surface area contributed by atoms with Crippen molar-refractivity contribution in [1.82, 2.24) is 4.90 Å². The van der Waals surface area contributed by atoms with Crippen LogP contribution in [0.1, 0.15) is 25.0 Å². The fourth-order valence-corrected chi connectivity index (χ4v) is 1.97. The minimum atomic E-state index is -0.171. The van der Waals surface area contributed by atoms with Crippen LogP contribution in [-0.4, -0.2) is 48.0 Å². The minimum absolute atomic E-state index is 0.144. The quantitative estimate of drug-likeness (QED) is 0.768. The Morgan fingerprint density at radius 2 is 2.05 bits per heavy atom. The van der Waals surface area contributed by atoms with Crippen LogP contribution in [0.4, 0.5) is 0 Å². The smallest absolute Gasteiger partial charge is 0.134 e. The number of hydrogen-bond acceptors (Lipinski definition) is 4. The van der Waals surface area contributed by atoms with E-state index in [1.165, 1.54) is 0 Å². The molecule has 0 heterocycles. The molecule has 0 aliphatic heterocycles. The Labute approximate surface area is 121 Å². The first-order valence-corrected chi connectivity index (χ1v) is 6.74. The Balaban J connectivity index is 2.95. The predicted molar refractivity (Wildman–Crippen MR) is 79.6 cm³/mol. The molecular weight excluding hydrogens is 254 g/mol. The van der Waals surface area contributed by atoms with Gasteiger partial charge in [0, 0.05) is 19.1 Å². The van der Waals surface area contributed by atoms with E-state index in [2.05, 4.69) is 30.6 Å². The number of hydrogen-bond donors (Lipinski definition) is 2. The summed E-state index contributed by atoms with van der Waals surface area (Å²) in [6.45, 7) is 5.57. The van der Waals surface area contributed by atoms with Gasteiger partial charge in [-0.1, -0.05) is 17.9 Å². The second-order valence-corrected chi connectivity index (χ2v) is 4.78. The van der Waals surface area contributed by atoms with E-state index in [0.717, 1.165) is 17.7 Å². The van der Waals surface area contributed by atoms with Crippen molar-refractivity contribution < 1.29 is 14.9 Å². The van der Waals surface area contributed by atoms with Crippen molar-refractivity contribution in [3.8, 4) is 17.6 Å². The van der Waals surface area contributed by atoms with Gasteiger partial charge in [0.25, 0.3) is 0 Å². The summed E-state index contributed by atoms with van der Waals surface area (Å²) in [6.07, 6.45) is 0. The Morgan fingerprint density at radius 3 is 2.60 bits per heavy atom. The Bertz CT molecular complexity index is 474. The van der Waals surface area contributed by atoms with Crippen LogP contribution >= 0.6 is 0 Å². The summed E-state index contributed by atoms with van der Waals surface area (Å²) in [6, 6.07) is 6.20. The second-order valence-electron chi connectivity index (χ2n) is 4.78. The van der Waals surface area contributed by atoms with Gasteiger partial charge in [-0.15, -0.1) is 0 Å². The van der Waals surface area contributed by atoms with Crippen LogP contribution in [0.25, 0.3) is 0 Å². The number of benzene rings is 1. The zero-order valence-corrected chi connectivity index (χ0v) is 12.4. The lowest BCUT2D eigenvalue weighted by Gasteiger charge is -2.25. The molecule has 0 amide bonds. The highest BCUT2D eigenvalue weighted by Gasteiger charge is 2.10. The molecule has 1 aromatic carbocycles. The summed E-state index contributed by atoms with van der Waals surface area (Å²) in [4.78, 5) is 2.19. The van der Waals surface area contributed by atoms with Crippen LogP contribution in [-0.2, 0) is 6.54 Å². The van der Waals surface area contributed by atoms with Crippen LogP contribution in [0.15, 0.2) is 18.2 Å². The third-order valence-corrected chi connectivity index (χ3v) is 3.07. The van der Waals surface area contributed by atoms with Gasteiger partial charge in [0.05, 0.1) is 19.3 Å². The average molecular weight is 277 g/mol. The number of rotatable bonds is 6. The molecule has 20 heavy (non-hydrogen) atoms. The monoisotopic (exact) mass is 277 g/mol. The van der Waals surface area contributed by atoms with Crippen LogP contribution in [0.5, 0.6) is 5.75 Å². The van der Waals surface area contributed by atoms with Gasteiger partial charge in [0.1, 0.15) is 12.4 Å². The molecule has 0 aliphatic rings. The molecule has 0 aromatic heterocycles.